The Morgan fingerprint density at radius 1 is 0.877 bits per heavy atom. The van der Waals surface area contributed by atoms with Gasteiger partial charge in [-0.15, -0.1) is 0 Å². The monoisotopic (exact) mass is 900 g/mol. The number of amides is 2. The van der Waals surface area contributed by atoms with Crippen molar-refractivity contribution in [2.45, 2.75) is 140 Å². The van der Waals surface area contributed by atoms with Crippen LogP contribution in [-0.4, -0.2) is 131 Å². The van der Waals surface area contributed by atoms with E-state index in [1.807, 2.05) is 32.0 Å². The van der Waals surface area contributed by atoms with E-state index >= 15 is 0 Å². The number of esters is 1. The molecule has 6 heterocycles. The van der Waals surface area contributed by atoms with E-state index < -0.39 is 97.0 Å². The van der Waals surface area contributed by atoms with Gasteiger partial charge in [-0.2, -0.15) is 0 Å². The van der Waals surface area contributed by atoms with Crippen LogP contribution < -0.4 is 10.6 Å². The summed E-state index contributed by atoms with van der Waals surface area (Å²) in [5.41, 5.74) is 7.16. The fourth-order valence-corrected chi connectivity index (χ4v) is 9.93. The van der Waals surface area contributed by atoms with Gasteiger partial charge in [-0.1, -0.05) is 20.8 Å². The summed E-state index contributed by atoms with van der Waals surface area (Å²) < 4.78 is 10.3. The van der Waals surface area contributed by atoms with Crippen LogP contribution in [0, 0.1) is 13.8 Å². The van der Waals surface area contributed by atoms with Crippen LogP contribution in [0.2, 0.25) is 0 Å². The van der Waals surface area contributed by atoms with Crippen LogP contribution in [0.25, 0.3) is 22.1 Å². The maximum Gasteiger partial charge on any atom is 0.326 e. The lowest BCUT2D eigenvalue weighted by molar-refractivity contribution is -0.253. The number of ketones is 2. The van der Waals surface area contributed by atoms with Gasteiger partial charge in [-0.05, 0) is 69.4 Å². The van der Waals surface area contributed by atoms with Gasteiger partial charge in [-0.3, -0.25) is 33.9 Å². The first kappa shape index (κ1) is 47.1. The van der Waals surface area contributed by atoms with Crippen molar-refractivity contribution >= 4 is 57.4 Å². The zero-order chi connectivity index (χ0) is 47.3. The SMILES string of the molecule is CC[C@H]1c2cc3[nH]c4c(c3C)C(=O)C(C(=O)OC)c4c3nc(cc4[nH]c(cc(n2)[C@@H]1C)c(C(C)=O)c4C)[C@@H](C)[C@@H]3CCC(=O)N[C@@H](CCC(=O)NC1C(O)OC(CO)C(O)C1O)C(=O)O. The average molecular weight is 901 g/mol. The molecule has 3 aromatic rings. The smallest absolute Gasteiger partial charge is 0.326 e. The molecule has 0 aromatic carbocycles. The maximum absolute atomic E-state index is 14.4. The van der Waals surface area contributed by atoms with Crippen LogP contribution in [0.4, 0.5) is 0 Å². The summed E-state index contributed by atoms with van der Waals surface area (Å²) in [7, 11) is 1.20. The lowest BCUT2D eigenvalue weighted by atomic mass is 9.83. The summed E-state index contributed by atoms with van der Waals surface area (Å²) >= 11 is 0. The Bertz CT molecular complexity index is 2620. The Balaban J connectivity index is 1.25. The predicted molar refractivity (Wildman–Crippen MR) is 232 cm³/mol. The van der Waals surface area contributed by atoms with Crippen molar-refractivity contribution in [2.24, 2.45) is 0 Å². The number of hydrogen-bond donors (Lipinski definition) is 9. The highest BCUT2D eigenvalue weighted by Gasteiger charge is 2.46. The summed E-state index contributed by atoms with van der Waals surface area (Å²) in [5, 5.41) is 54.9. The van der Waals surface area contributed by atoms with E-state index in [-0.39, 0.29) is 36.9 Å². The molecule has 8 bridgehead atoms. The number of aryl methyl sites for hydroxylation is 2. The minimum Gasteiger partial charge on any atom is -0.480 e. The largest absolute Gasteiger partial charge is 0.480 e. The van der Waals surface area contributed by atoms with E-state index in [2.05, 4.69) is 34.4 Å². The number of ether oxygens (including phenoxy) is 2. The first-order valence-corrected chi connectivity index (χ1v) is 21.8. The molecule has 0 spiro atoms. The molecule has 3 aromatic heterocycles. The number of H-pyrrole nitrogens is 2. The van der Waals surface area contributed by atoms with E-state index in [4.69, 9.17) is 19.4 Å². The number of carbonyl (C=O) groups is 6. The number of hydrogen-bond acceptors (Lipinski definition) is 14. The Hall–Kier alpha value is -5.86. The highest BCUT2D eigenvalue weighted by Crippen LogP contribution is 2.48. The van der Waals surface area contributed by atoms with Crippen molar-refractivity contribution in [1.29, 1.82) is 0 Å². The lowest BCUT2D eigenvalue weighted by Crippen LogP contribution is -2.64. The van der Waals surface area contributed by atoms with Crippen LogP contribution in [0.5, 0.6) is 0 Å². The van der Waals surface area contributed by atoms with Gasteiger partial charge >= 0.3 is 11.9 Å². The number of nitrogens with zero attached hydrogens (tertiary/aromatic N) is 2. The van der Waals surface area contributed by atoms with Crippen molar-refractivity contribution in [3.63, 3.8) is 0 Å². The zero-order valence-electron chi connectivity index (χ0n) is 37.2. The number of aliphatic hydroxyl groups is 4. The van der Waals surface area contributed by atoms with E-state index in [1.165, 1.54) is 14.0 Å². The van der Waals surface area contributed by atoms with E-state index in [0.29, 0.717) is 61.3 Å². The third-order valence-electron chi connectivity index (χ3n) is 13.6. The molecule has 3 aliphatic heterocycles. The normalized spacial score (nSPS) is 26.4. The molecule has 4 aliphatic rings. The molecule has 0 saturated carbocycles. The topological polar surface area (TPSA) is 303 Å². The molecule has 1 saturated heterocycles. The van der Waals surface area contributed by atoms with Gasteiger partial charge < -0.3 is 55.6 Å². The van der Waals surface area contributed by atoms with E-state index in [9.17, 15) is 54.3 Å². The summed E-state index contributed by atoms with van der Waals surface area (Å²) in [5.74, 6) is -6.68. The van der Waals surface area contributed by atoms with Gasteiger partial charge in [0.05, 0.1) is 30.4 Å². The Labute approximate surface area is 373 Å². The van der Waals surface area contributed by atoms with Gasteiger partial charge in [0.1, 0.15) is 36.3 Å². The van der Waals surface area contributed by atoms with Crippen LogP contribution in [0.15, 0.2) is 18.2 Å². The summed E-state index contributed by atoms with van der Waals surface area (Å²) in [6.45, 7) is 10.5. The quantitative estimate of drug-likeness (QED) is 0.0677. The lowest BCUT2D eigenvalue weighted by Gasteiger charge is -2.40. The number of carboxylic acids is 1. The van der Waals surface area contributed by atoms with Crippen molar-refractivity contribution in [1.82, 2.24) is 30.6 Å². The number of aliphatic hydroxyl groups excluding tert-OH is 4. The second-order valence-electron chi connectivity index (χ2n) is 17.5. The predicted octanol–water partition coefficient (Wildman–Crippen LogP) is 2.82. The average Bonchev–Trinajstić information content (AvgIpc) is 4.01. The van der Waals surface area contributed by atoms with Gasteiger partial charge in [0, 0.05) is 81.3 Å². The molecular weight excluding hydrogens is 845 g/mol. The molecule has 6 unspecified atom stereocenters. The Morgan fingerprint density at radius 3 is 2.17 bits per heavy atom. The number of nitrogens with one attached hydrogen (secondary N) is 4. The molecule has 7 rings (SSSR count). The molecule has 19 heteroatoms. The molecule has 1 aliphatic carbocycles. The first-order valence-electron chi connectivity index (χ1n) is 21.8. The number of rotatable bonds is 13. The number of methoxy groups -OCH3 is 1. The number of Topliss-reactive ketones (excluding diaryl/α,β-unsaturated/α-hetero) is 2. The molecule has 348 valence electrons. The Kier molecular flexibility index (Phi) is 13.5. The fraction of sp³-hybridized carbons (Fsp3) is 0.522. The fourth-order valence-electron chi connectivity index (χ4n) is 9.93. The van der Waals surface area contributed by atoms with Crippen molar-refractivity contribution in [3.05, 3.63) is 68.8 Å². The van der Waals surface area contributed by atoms with Crippen LogP contribution in [0.3, 0.4) is 0 Å². The highest BCUT2D eigenvalue weighted by molar-refractivity contribution is 6.23. The number of carbonyl (C=O) groups excluding carboxylic acids is 5. The minimum absolute atomic E-state index is 0.0103. The van der Waals surface area contributed by atoms with Gasteiger partial charge in [-0.25, -0.2) is 4.79 Å². The number of aliphatic carboxylic acids is 1. The summed E-state index contributed by atoms with van der Waals surface area (Å²) in [6.07, 6.45) is -6.63. The second kappa shape index (κ2) is 18.6. The van der Waals surface area contributed by atoms with Crippen molar-refractivity contribution in [3.8, 4) is 0 Å². The van der Waals surface area contributed by atoms with Gasteiger partial charge in [0.2, 0.25) is 11.8 Å². The molecule has 19 nitrogen and oxygen atoms in total. The summed E-state index contributed by atoms with van der Waals surface area (Å²) in [4.78, 5) is 97.0. The van der Waals surface area contributed by atoms with Crippen molar-refractivity contribution in [2.75, 3.05) is 13.7 Å². The standard InChI is InChI=1S/C46H56N6O13/c1-8-22-17(2)25-15-30-34(21(6)54)19(4)27(48-30)13-26-18(3)23(38(50-26)36-37(45(62)64-7)42(58)35-20(5)28(51-39(35)36)14-29(22)47-25)9-11-32(55)49-24(44(60)61)10-12-33(56)52-40-43(59)41(57)31(16-53)65-46(40)63/h13-15,17-18,22-24,31,37,40-41,43,46,48,51,53,57,59,63H,8-12,16H2,1-7H3,(H,49,55)(H,52,56)(H,60,61)/t17-,18+,22-,23+,24+,31?,37?,40?,41?,43?,46?/m1/s1. The van der Waals surface area contributed by atoms with Gasteiger partial charge in [0.15, 0.2) is 17.9 Å². The number of carboxylic acid groups (broad SMARTS) is 1. The van der Waals surface area contributed by atoms with Crippen LogP contribution >= 0.6 is 0 Å². The van der Waals surface area contributed by atoms with E-state index in [0.717, 1.165) is 17.8 Å². The second-order valence-corrected chi connectivity index (χ2v) is 17.5. The third kappa shape index (κ3) is 8.58. The molecule has 9 N–H and O–H groups in total. The van der Waals surface area contributed by atoms with Gasteiger partial charge in [0.25, 0.3) is 0 Å². The molecule has 1 fully saturated rings. The number of aromatic amines is 2. The van der Waals surface area contributed by atoms with Crippen LogP contribution in [0.1, 0.15) is 150 Å². The molecule has 2 amide bonds. The van der Waals surface area contributed by atoms with Crippen LogP contribution in [-0.2, 0) is 28.7 Å². The zero-order valence-corrected chi connectivity index (χ0v) is 37.2. The number of fused-ring (bicyclic) bond motifs is 8. The molecule has 65 heavy (non-hydrogen) atoms. The molecular formula is C46H56N6O13. The maximum atomic E-state index is 14.4. The summed E-state index contributed by atoms with van der Waals surface area (Å²) in [6, 6.07) is 2.64. The Morgan fingerprint density at radius 2 is 1.52 bits per heavy atom. The van der Waals surface area contributed by atoms with Crippen molar-refractivity contribution < 1.29 is 63.8 Å². The minimum atomic E-state index is -1.78. The molecule has 11 atom stereocenters. The molecule has 0 radical (unpaired) electrons. The first-order chi connectivity index (χ1) is 30.8. The third-order valence-corrected chi connectivity index (χ3v) is 13.6. The number of aromatic nitrogens is 4. The highest BCUT2D eigenvalue weighted by atomic mass is 16.6. The van der Waals surface area contributed by atoms with E-state index in [1.54, 1.807) is 6.92 Å².